The highest BCUT2D eigenvalue weighted by molar-refractivity contribution is 5.75. The molecule has 21 heavy (non-hydrogen) atoms. The van der Waals surface area contributed by atoms with Gasteiger partial charge in [-0.1, -0.05) is 44.2 Å². The van der Waals surface area contributed by atoms with Gasteiger partial charge in [0.2, 0.25) is 0 Å². The van der Waals surface area contributed by atoms with Crippen LogP contribution in [0.3, 0.4) is 0 Å². The van der Waals surface area contributed by atoms with E-state index < -0.39 is 29.3 Å². The molecular formula is C15H23NO5. The molecule has 0 fully saturated rings. The Bertz CT molecular complexity index is 458. The van der Waals surface area contributed by atoms with Crippen LogP contribution < -0.4 is 5.73 Å². The lowest BCUT2D eigenvalue weighted by atomic mass is 9.86. The first-order chi connectivity index (χ1) is 9.63. The largest absolute Gasteiger partial charge is 0.481 e. The van der Waals surface area contributed by atoms with Gasteiger partial charge in [-0.15, -0.1) is 0 Å². The van der Waals surface area contributed by atoms with Crippen LogP contribution in [0.1, 0.15) is 32.3 Å². The van der Waals surface area contributed by atoms with Crippen molar-refractivity contribution in [2.24, 2.45) is 11.1 Å². The highest BCUT2D eigenvalue weighted by Crippen LogP contribution is 2.17. The van der Waals surface area contributed by atoms with Crippen LogP contribution in [0, 0.1) is 5.41 Å². The molecular weight excluding hydrogens is 274 g/mol. The lowest BCUT2D eigenvalue weighted by Gasteiger charge is -2.25. The Morgan fingerprint density at radius 1 is 1.14 bits per heavy atom. The quantitative estimate of drug-likeness (QED) is 0.650. The van der Waals surface area contributed by atoms with Gasteiger partial charge in [0.15, 0.2) is 0 Å². The van der Waals surface area contributed by atoms with Crippen molar-refractivity contribution in [3.63, 3.8) is 0 Å². The van der Waals surface area contributed by atoms with Crippen LogP contribution in [-0.2, 0) is 9.59 Å². The van der Waals surface area contributed by atoms with Crippen molar-refractivity contribution >= 4 is 11.9 Å². The van der Waals surface area contributed by atoms with Gasteiger partial charge in [-0.2, -0.15) is 0 Å². The standard InChI is InChI=1S/C9H10O2.C6H13NO3/c1-7(9(10)11)8-5-3-2-4-6-8;1-6(2,3-8)4(7)5(9)10/h2-7H,1H3,(H,10,11);4,8H,3,7H2,1-2H3,(H,9,10). The Hall–Kier alpha value is -1.92. The Morgan fingerprint density at radius 2 is 1.62 bits per heavy atom. The number of aliphatic hydroxyl groups excluding tert-OH is 1. The number of hydrogen-bond acceptors (Lipinski definition) is 4. The minimum Gasteiger partial charge on any atom is -0.481 e. The van der Waals surface area contributed by atoms with Gasteiger partial charge in [-0.05, 0) is 12.5 Å². The van der Waals surface area contributed by atoms with Gasteiger partial charge in [0.25, 0.3) is 0 Å². The summed E-state index contributed by atoms with van der Waals surface area (Å²) in [6.45, 7) is 4.66. The SMILES string of the molecule is CC(C(=O)O)c1ccccc1.CC(C)(CO)C(N)C(=O)O. The zero-order valence-electron chi connectivity index (χ0n) is 12.5. The highest BCUT2D eigenvalue weighted by Gasteiger charge is 2.30. The van der Waals surface area contributed by atoms with Crippen molar-refractivity contribution in [3.05, 3.63) is 35.9 Å². The number of carboxylic acid groups (broad SMARTS) is 2. The minimum absolute atomic E-state index is 0.222. The van der Waals surface area contributed by atoms with Crippen LogP contribution in [-0.4, -0.2) is 39.9 Å². The summed E-state index contributed by atoms with van der Waals surface area (Å²) >= 11 is 0. The van der Waals surface area contributed by atoms with E-state index in [4.69, 9.17) is 21.1 Å². The summed E-state index contributed by atoms with van der Waals surface area (Å²) in [5, 5.41) is 25.7. The first-order valence-electron chi connectivity index (χ1n) is 6.50. The van der Waals surface area contributed by atoms with Crippen molar-refractivity contribution in [3.8, 4) is 0 Å². The average Bonchev–Trinajstić information content (AvgIpc) is 2.46. The first kappa shape index (κ1) is 19.1. The molecule has 0 bridgehead atoms. The predicted octanol–water partition coefficient (Wildman–Crippen LogP) is 1.29. The molecule has 0 saturated carbocycles. The molecule has 1 aromatic rings. The molecule has 0 heterocycles. The third kappa shape index (κ3) is 6.37. The minimum atomic E-state index is -1.08. The highest BCUT2D eigenvalue weighted by atomic mass is 16.4. The molecule has 0 aliphatic heterocycles. The second kappa shape index (κ2) is 8.39. The molecule has 0 amide bonds. The number of aliphatic carboxylic acids is 2. The van der Waals surface area contributed by atoms with E-state index in [1.54, 1.807) is 20.8 Å². The third-order valence-electron chi connectivity index (χ3n) is 3.19. The summed E-state index contributed by atoms with van der Waals surface area (Å²) in [6.07, 6.45) is 0. The van der Waals surface area contributed by atoms with E-state index in [2.05, 4.69) is 0 Å². The fourth-order valence-electron chi connectivity index (χ4n) is 1.32. The number of hydrogen-bond donors (Lipinski definition) is 4. The summed E-state index contributed by atoms with van der Waals surface area (Å²) in [7, 11) is 0. The topological polar surface area (TPSA) is 121 Å². The number of rotatable bonds is 5. The van der Waals surface area contributed by atoms with E-state index >= 15 is 0 Å². The molecule has 1 rings (SSSR count). The summed E-state index contributed by atoms with van der Waals surface area (Å²) in [5.74, 6) is -2.27. The average molecular weight is 297 g/mol. The summed E-state index contributed by atoms with van der Waals surface area (Å²) in [6, 6.07) is 8.19. The van der Waals surface area contributed by atoms with Crippen molar-refractivity contribution in [2.75, 3.05) is 6.61 Å². The normalized spacial score (nSPS) is 13.6. The number of carbonyl (C=O) groups is 2. The molecule has 2 unspecified atom stereocenters. The molecule has 6 nitrogen and oxygen atoms in total. The first-order valence-corrected chi connectivity index (χ1v) is 6.50. The van der Waals surface area contributed by atoms with Gasteiger partial charge in [0.1, 0.15) is 6.04 Å². The third-order valence-corrected chi connectivity index (χ3v) is 3.19. The maximum atomic E-state index is 10.5. The second-order valence-electron chi connectivity index (χ2n) is 5.43. The maximum absolute atomic E-state index is 10.5. The van der Waals surface area contributed by atoms with Crippen LogP contribution in [0.15, 0.2) is 30.3 Å². The van der Waals surface area contributed by atoms with Crippen LogP contribution in [0.25, 0.3) is 0 Å². The van der Waals surface area contributed by atoms with E-state index in [0.29, 0.717) is 0 Å². The van der Waals surface area contributed by atoms with Gasteiger partial charge < -0.3 is 21.1 Å². The zero-order valence-corrected chi connectivity index (χ0v) is 12.5. The lowest BCUT2D eigenvalue weighted by Crippen LogP contribution is -2.45. The predicted molar refractivity (Wildman–Crippen MR) is 79.0 cm³/mol. The molecule has 1 aromatic carbocycles. The zero-order chi connectivity index (χ0) is 16.6. The molecule has 0 aliphatic carbocycles. The van der Waals surface area contributed by atoms with Gasteiger partial charge in [-0.25, -0.2) is 0 Å². The monoisotopic (exact) mass is 297 g/mol. The van der Waals surface area contributed by atoms with E-state index in [0.717, 1.165) is 5.56 Å². The van der Waals surface area contributed by atoms with Crippen molar-refractivity contribution in [1.82, 2.24) is 0 Å². The molecule has 2 atom stereocenters. The van der Waals surface area contributed by atoms with Crippen molar-refractivity contribution < 1.29 is 24.9 Å². The fourth-order valence-corrected chi connectivity index (χ4v) is 1.32. The Labute approximate surface area is 124 Å². The number of benzene rings is 1. The molecule has 0 aliphatic rings. The van der Waals surface area contributed by atoms with Crippen LogP contribution in [0.2, 0.25) is 0 Å². The molecule has 5 N–H and O–H groups in total. The molecule has 6 heteroatoms. The van der Waals surface area contributed by atoms with E-state index in [-0.39, 0.29) is 6.61 Å². The second-order valence-corrected chi connectivity index (χ2v) is 5.43. The Morgan fingerprint density at radius 3 is 1.90 bits per heavy atom. The van der Waals surface area contributed by atoms with E-state index in [9.17, 15) is 9.59 Å². The van der Waals surface area contributed by atoms with E-state index in [1.807, 2.05) is 30.3 Å². The van der Waals surface area contributed by atoms with Crippen molar-refractivity contribution in [2.45, 2.75) is 32.7 Å². The summed E-state index contributed by atoms with van der Waals surface area (Å²) in [4.78, 5) is 20.8. The van der Waals surface area contributed by atoms with Gasteiger partial charge in [0.05, 0.1) is 12.5 Å². The molecule has 0 radical (unpaired) electrons. The fraction of sp³-hybridized carbons (Fsp3) is 0.467. The summed E-state index contributed by atoms with van der Waals surface area (Å²) < 4.78 is 0. The maximum Gasteiger partial charge on any atom is 0.321 e. The molecule has 0 spiro atoms. The number of carboxylic acids is 2. The van der Waals surface area contributed by atoms with Crippen LogP contribution >= 0.6 is 0 Å². The van der Waals surface area contributed by atoms with Gasteiger partial charge >= 0.3 is 11.9 Å². The van der Waals surface area contributed by atoms with Gasteiger partial charge in [0, 0.05) is 5.41 Å². The number of aliphatic hydroxyl groups is 1. The van der Waals surface area contributed by atoms with E-state index in [1.165, 1.54) is 0 Å². The lowest BCUT2D eigenvalue weighted by molar-refractivity contribution is -0.142. The summed E-state index contributed by atoms with van der Waals surface area (Å²) in [5.41, 5.74) is 5.35. The molecule has 118 valence electrons. The smallest absolute Gasteiger partial charge is 0.321 e. The molecule has 0 saturated heterocycles. The van der Waals surface area contributed by atoms with Gasteiger partial charge in [-0.3, -0.25) is 9.59 Å². The molecule has 0 aromatic heterocycles. The Kier molecular flexibility index (Phi) is 7.62. The van der Waals surface area contributed by atoms with Crippen LogP contribution in [0.5, 0.6) is 0 Å². The number of nitrogens with two attached hydrogens (primary N) is 1. The Balaban J connectivity index is 0.000000384. The van der Waals surface area contributed by atoms with Crippen LogP contribution in [0.4, 0.5) is 0 Å². The van der Waals surface area contributed by atoms with Crippen molar-refractivity contribution in [1.29, 1.82) is 0 Å².